The van der Waals surface area contributed by atoms with Gasteiger partial charge in [-0.3, -0.25) is 0 Å². The monoisotopic (exact) mass is 351 g/mol. The lowest BCUT2D eigenvalue weighted by Gasteiger charge is -2.29. The fourth-order valence-corrected chi connectivity index (χ4v) is 3.85. The van der Waals surface area contributed by atoms with Gasteiger partial charge in [-0.1, -0.05) is 66.2 Å². The molecule has 0 atom stereocenters. The lowest BCUT2D eigenvalue weighted by atomic mass is 10.00. The molecule has 0 aliphatic carbocycles. The van der Waals surface area contributed by atoms with Gasteiger partial charge in [-0.2, -0.15) is 0 Å². The molecule has 2 heterocycles. The van der Waals surface area contributed by atoms with E-state index in [0.717, 1.165) is 47.6 Å². The number of rotatable bonds is 2. The Hall–Kier alpha value is -3.20. The third-order valence-electron chi connectivity index (χ3n) is 5.30. The summed E-state index contributed by atoms with van der Waals surface area (Å²) in [5.41, 5.74) is 7.18. The molecule has 0 unspecified atom stereocenters. The fourth-order valence-electron chi connectivity index (χ4n) is 3.85. The Morgan fingerprint density at radius 3 is 2.44 bits per heavy atom. The molecule has 1 aromatic heterocycles. The number of fused-ring (bicyclic) bond motifs is 2. The molecule has 0 fully saturated rings. The Morgan fingerprint density at radius 1 is 0.815 bits per heavy atom. The number of benzene rings is 3. The molecule has 1 aliphatic heterocycles. The van der Waals surface area contributed by atoms with Crippen LogP contribution in [0.25, 0.3) is 22.2 Å². The van der Waals surface area contributed by atoms with Gasteiger partial charge in [0.05, 0.1) is 11.2 Å². The summed E-state index contributed by atoms with van der Waals surface area (Å²) >= 11 is 0. The summed E-state index contributed by atoms with van der Waals surface area (Å²) < 4.78 is 0. The van der Waals surface area contributed by atoms with Gasteiger partial charge in [-0.25, -0.2) is 9.97 Å². The third-order valence-corrected chi connectivity index (χ3v) is 5.30. The van der Waals surface area contributed by atoms with Crippen LogP contribution in [0.15, 0.2) is 72.8 Å². The third kappa shape index (κ3) is 2.95. The predicted octanol–water partition coefficient (Wildman–Crippen LogP) is 5.17. The predicted molar refractivity (Wildman–Crippen MR) is 111 cm³/mol. The van der Waals surface area contributed by atoms with Crippen molar-refractivity contribution in [1.82, 2.24) is 9.97 Å². The van der Waals surface area contributed by atoms with E-state index in [4.69, 9.17) is 9.97 Å². The molecule has 0 N–H and O–H groups in total. The van der Waals surface area contributed by atoms with Gasteiger partial charge in [0.1, 0.15) is 0 Å². The highest BCUT2D eigenvalue weighted by Crippen LogP contribution is 2.30. The molecule has 5 rings (SSSR count). The second kappa shape index (κ2) is 6.51. The van der Waals surface area contributed by atoms with E-state index >= 15 is 0 Å². The largest absolute Gasteiger partial charge is 0.336 e. The second-order valence-electron chi connectivity index (χ2n) is 7.20. The maximum Gasteiger partial charge on any atom is 0.226 e. The first-order chi connectivity index (χ1) is 13.3. The van der Waals surface area contributed by atoms with Crippen molar-refractivity contribution in [2.24, 2.45) is 0 Å². The molecule has 3 aromatic carbocycles. The SMILES string of the molecule is Cc1ccc2nc(N3CCc4ccccc4C3)nc(-c3ccccc3)c2c1. The van der Waals surface area contributed by atoms with Gasteiger partial charge in [0.15, 0.2) is 0 Å². The molecule has 0 amide bonds. The van der Waals surface area contributed by atoms with Gasteiger partial charge in [0, 0.05) is 24.0 Å². The normalized spacial score (nSPS) is 13.6. The zero-order valence-corrected chi connectivity index (χ0v) is 15.4. The van der Waals surface area contributed by atoms with E-state index in [1.54, 1.807) is 0 Å². The number of aromatic nitrogens is 2. The minimum Gasteiger partial charge on any atom is -0.336 e. The van der Waals surface area contributed by atoms with Gasteiger partial charge in [-0.05, 0) is 36.6 Å². The van der Waals surface area contributed by atoms with Crippen molar-refractivity contribution in [1.29, 1.82) is 0 Å². The smallest absolute Gasteiger partial charge is 0.226 e. The topological polar surface area (TPSA) is 29.0 Å². The van der Waals surface area contributed by atoms with Gasteiger partial charge in [0.25, 0.3) is 0 Å². The van der Waals surface area contributed by atoms with E-state index in [2.05, 4.69) is 78.6 Å². The molecule has 0 saturated heterocycles. The molecule has 27 heavy (non-hydrogen) atoms. The Kier molecular flexibility index (Phi) is 3.86. The van der Waals surface area contributed by atoms with Crippen LogP contribution >= 0.6 is 0 Å². The quantitative estimate of drug-likeness (QED) is 0.499. The summed E-state index contributed by atoms with van der Waals surface area (Å²) in [6.07, 6.45) is 1.03. The van der Waals surface area contributed by atoms with Crippen molar-refractivity contribution in [3.05, 3.63) is 89.5 Å². The molecular formula is C24H21N3. The molecule has 3 nitrogen and oxygen atoms in total. The van der Waals surface area contributed by atoms with Crippen LogP contribution in [-0.2, 0) is 13.0 Å². The first kappa shape index (κ1) is 16.0. The van der Waals surface area contributed by atoms with Crippen LogP contribution in [0.3, 0.4) is 0 Å². The summed E-state index contributed by atoms with van der Waals surface area (Å²) in [6.45, 7) is 3.92. The summed E-state index contributed by atoms with van der Waals surface area (Å²) in [4.78, 5) is 12.2. The van der Waals surface area contributed by atoms with Crippen LogP contribution in [0.5, 0.6) is 0 Å². The van der Waals surface area contributed by atoms with E-state index in [9.17, 15) is 0 Å². The van der Waals surface area contributed by atoms with Crippen molar-refractivity contribution in [3.63, 3.8) is 0 Å². The zero-order valence-electron chi connectivity index (χ0n) is 15.4. The molecule has 0 saturated carbocycles. The van der Waals surface area contributed by atoms with Crippen LogP contribution in [0.4, 0.5) is 5.95 Å². The Balaban J connectivity index is 1.65. The molecule has 1 aliphatic rings. The molecule has 4 aromatic rings. The summed E-state index contributed by atoms with van der Waals surface area (Å²) in [6, 6.07) is 25.5. The second-order valence-corrected chi connectivity index (χ2v) is 7.20. The Bertz CT molecular complexity index is 1120. The van der Waals surface area contributed by atoms with Crippen LogP contribution < -0.4 is 4.90 Å². The van der Waals surface area contributed by atoms with Crippen LogP contribution in [0.1, 0.15) is 16.7 Å². The lowest BCUT2D eigenvalue weighted by Crippen LogP contribution is -2.31. The summed E-state index contributed by atoms with van der Waals surface area (Å²) in [5, 5.41) is 1.11. The van der Waals surface area contributed by atoms with E-state index in [1.807, 2.05) is 6.07 Å². The highest BCUT2D eigenvalue weighted by Gasteiger charge is 2.20. The van der Waals surface area contributed by atoms with Crippen molar-refractivity contribution in [2.75, 3.05) is 11.4 Å². The van der Waals surface area contributed by atoms with Gasteiger partial charge < -0.3 is 4.90 Å². The minimum absolute atomic E-state index is 0.819. The van der Waals surface area contributed by atoms with Crippen molar-refractivity contribution in [2.45, 2.75) is 19.9 Å². The number of aryl methyl sites for hydroxylation is 1. The Morgan fingerprint density at radius 2 is 1.59 bits per heavy atom. The maximum atomic E-state index is 5.02. The van der Waals surface area contributed by atoms with Crippen LogP contribution in [-0.4, -0.2) is 16.5 Å². The van der Waals surface area contributed by atoms with Gasteiger partial charge in [0.2, 0.25) is 5.95 Å². The highest BCUT2D eigenvalue weighted by molar-refractivity contribution is 5.93. The van der Waals surface area contributed by atoms with E-state index in [1.165, 1.54) is 16.7 Å². The first-order valence-corrected chi connectivity index (χ1v) is 9.43. The number of hydrogen-bond acceptors (Lipinski definition) is 3. The number of nitrogens with zero attached hydrogens (tertiary/aromatic N) is 3. The molecule has 0 radical (unpaired) electrons. The average Bonchev–Trinajstić information content (AvgIpc) is 2.73. The Labute approximate surface area is 159 Å². The first-order valence-electron chi connectivity index (χ1n) is 9.43. The molecule has 3 heteroatoms. The zero-order chi connectivity index (χ0) is 18.2. The minimum atomic E-state index is 0.819. The summed E-state index contributed by atoms with van der Waals surface area (Å²) in [5.74, 6) is 0.819. The fraction of sp³-hybridized carbons (Fsp3) is 0.167. The number of anilines is 1. The lowest BCUT2D eigenvalue weighted by molar-refractivity contribution is 0.710. The van der Waals surface area contributed by atoms with Crippen molar-refractivity contribution >= 4 is 16.9 Å². The molecule has 132 valence electrons. The van der Waals surface area contributed by atoms with Crippen LogP contribution in [0.2, 0.25) is 0 Å². The van der Waals surface area contributed by atoms with E-state index in [0.29, 0.717) is 0 Å². The van der Waals surface area contributed by atoms with E-state index < -0.39 is 0 Å². The van der Waals surface area contributed by atoms with Gasteiger partial charge in [-0.15, -0.1) is 0 Å². The molecular weight excluding hydrogens is 330 g/mol. The molecule has 0 spiro atoms. The van der Waals surface area contributed by atoms with Crippen molar-refractivity contribution < 1.29 is 0 Å². The molecule has 0 bridgehead atoms. The number of hydrogen-bond donors (Lipinski definition) is 0. The average molecular weight is 351 g/mol. The van der Waals surface area contributed by atoms with Gasteiger partial charge >= 0.3 is 0 Å². The highest BCUT2D eigenvalue weighted by atomic mass is 15.3. The van der Waals surface area contributed by atoms with E-state index in [-0.39, 0.29) is 0 Å². The van der Waals surface area contributed by atoms with Crippen molar-refractivity contribution in [3.8, 4) is 11.3 Å². The summed E-state index contributed by atoms with van der Waals surface area (Å²) in [7, 11) is 0. The van der Waals surface area contributed by atoms with Crippen LogP contribution in [0, 0.1) is 6.92 Å². The standard InChI is InChI=1S/C24H21N3/c1-17-11-12-22-21(15-17)23(19-8-3-2-4-9-19)26-24(25-22)27-14-13-18-7-5-6-10-20(18)16-27/h2-12,15H,13-14,16H2,1H3. The maximum absolute atomic E-state index is 5.02.